The maximum atomic E-state index is 8.56. The highest BCUT2D eigenvalue weighted by Crippen LogP contribution is 2.17. The van der Waals surface area contributed by atoms with E-state index in [1.807, 2.05) is 31.2 Å². The molecule has 0 fully saturated rings. The average molecular weight is 187 g/mol. The third-order valence-electron chi connectivity index (χ3n) is 1.47. The summed E-state index contributed by atoms with van der Waals surface area (Å²) < 4.78 is 0. The van der Waals surface area contributed by atoms with Crippen LogP contribution in [0.5, 0.6) is 0 Å². The molecule has 0 saturated carbocycles. The van der Waals surface area contributed by atoms with E-state index in [4.69, 9.17) is 5.26 Å². The summed E-state index contributed by atoms with van der Waals surface area (Å²) in [5.74, 6) is 6.62. The Balaban J connectivity index is 2.58. The van der Waals surface area contributed by atoms with Gasteiger partial charge in [0.25, 0.3) is 0 Å². The zero-order valence-corrected chi connectivity index (χ0v) is 8.19. The van der Waals surface area contributed by atoms with Crippen molar-refractivity contribution in [2.45, 2.75) is 11.8 Å². The van der Waals surface area contributed by atoms with Crippen molar-refractivity contribution in [2.24, 2.45) is 0 Å². The van der Waals surface area contributed by atoms with Gasteiger partial charge < -0.3 is 0 Å². The first-order valence-corrected chi connectivity index (χ1v) is 4.88. The second-order valence-corrected chi connectivity index (χ2v) is 3.40. The highest BCUT2D eigenvalue weighted by Gasteiger charge is 1.92. The Hall–Kier alpha value is -1.38. The molecule has 1 aromatic carbocycles. The molecule has 0 bridgehead atoms. The monoisotopic (exact) mass is 187 g/mol. The third-order valence-corrected chi connectivity index (χ3v) is 2.37. The Labute approximate surface area is 82.8 Å². The maximum absolute atomic E-state index is 8.56. The number of hydrogen-bond donors (Lipinski definition) is 0. The topological polar surface area (TPSA) is 23.8 Å². The van der Waals surface area contributed by atoms with Crippen LogP contribution in [0.3, 0.4) is 0 Å². The molecule has 64 valence electrons. The summed E-state index contributed by atoms with van der Waals surface area (Å²) in [5.41, 5.74) is 0.700. The van der Waals surface area contributed by atoms with E-state index in [0.29, 0.717) is 5.56 Å². The van der Waals surface area contributed by atoms with Gasteiger partial charge in [-0.15, -0.1) is 17.7 Å². The molecule has 0 radical (unpaired) electrons. The molecule has 1 aromatic rings. The Morgan fingerprint density at radius 1 is 1.31 bits per heavy atom. The predicted molar refractivity (Wildman–Crippen MR) is 55.3 cm³/mol. The Bertz CT molecular complexity index is 362. The molecule has 0 aromatic heterocycles. The third kappa shape index (κ3) is 3.23. The maximum Gasteiger partial charge on any atom is 0.0991 e. The standard InChI is InChI=1S/C11H9NS/c1-2-3-8-13-11-6-4-10(9-12)5-7-11/h4-7H,8H2,1H3. The number of rotatable bonds is 2. The normalized spacial score (nSPS) is 8.31. The number of thioether (sulfide) groups is 1. The lowest BCUT2D eigenvalue weighted by atomic mass is 10.2. The van der Waals surface area contributed by atoms with Gasteiger partial charge in [-0.3, -0.25) is 0 Å². The molecule has 0 amide bonds. The fourth-order valence-electron chi connectivity index (χ4n) is 0.817. The van der Waals surface area contributed by atoms with Gasteiger partial charge in [0.2, 0.25) is 0 Å². The van der Waals surface area contributed by atoms with Gasteiger partial charge in [-0.05, 0) is 31.2 Å². The molecule has 1 rings (SSSR count). The first kappa shape index (κ1) is 9.71. The molecule has 0 heterocycles. The van der Waals surface area contributed by atoms with Crippen molar-refractivity contribution >= 4 is 11.8 Å². The lowest BCUT2D eigenvalue weighted by Gasteiger charge is -1.95. The molecule has 0 N–H and O–H groups in total. The van der Waals surface area contributed by atoms with Gasteiger partial charge in [-0.1, -0.05) is 5.92 Å². The number of nitriles is 1. The van der Waals surface area contributed by atoms with Crippen LogP contribution in [0.2, 0.25) is 0 Å². The molecule has 0 unspecified atom stereocenters. The van der Waals surface area contributed by atoms with Crippen LogP contribution in [0.1, 0.15) is 12.5 Å². The first-order chi connectivity index (χ1) is 6.36. The number of hydrogen-bond acceptors (Lipinski definition) is 2. The van der Waals surface area contributed by atoms with E-state index in [2.05, 4.69) is 17.9 Å². The Morgan fingerprint density at radius 3 is 2.54 bits per heavy atom. The van der Waals surface area contributed by atoms with E-state index < -0.39 is 0 Å². The molecule has 0 spiro atoms. The number of benzene rings is 1. The summed E-state index contributed by atoms with van der Waals surface area (Å²) >= 11 is 1.68. The van der Waals surface area contributed by atoms with Crippen LogP contribution < -0.4 is 0 Å². The summed E-state index contributed by atoms with van der Waals surface area (Å²) in [5, 5.41) is 8.56. The largest absolute Gasteiger partial charge is 0.192 e. The lowest BCUT2D eigenvalue weighted by Crippen LogP contribution is -1.76. The van der Waals surface area contributed by atoms with Crippen LogP contribution >= 0.6 is 11.8 Å². The highest BCUT2D eigenvalue weighted by molar-refractivity contribution is 7.99. The van der Waals surface area contributed by atoms with Crippen molar-refractivity contribution in [3.63, 3.8) is 0 Å². The second kappa shape index (κ2) is 5.30. The van der Waals surface area contributed by atoms with Crippen molar-refractivity contribution in [1.82, 2.24) is 0 Å². The van der Waals surface area contributed by atoms with Crippen molar-refractivity contribution in [3.8, 4) is 17.9 Å². The van der Waals surface area contributed by atoms with Gasteiger partial charge in [0.1, 0.15) is 0 Å². The highest BCUT2D eigenvalue weighted by atomic mass is 32.2. The molecule has 1 nitrogen and oxygen atoms in total. The minimum Gasteiger partial charge on any atom is -0.192 e. The predicted octanol–water partition coefficient (Wildman–Crippen LogP) is 2.67. The number of nitrogens with zero attached hydrogens (tertiary/aromatic N) is 1. The smallest absolute Gasteiger partial charge is 0.0991 e. The van der Waals surface area contributed by atoms with Crippen molar-refractivity contribution in [2.75, 3.05) is 5.75 Å². The molecule has 0 atom stereocenters. The summed E-state index contributed by atoms with van der Waals surface area (Å²) in [4.78, 5) is 1.15. The lowest BCUT2D eigenvalue weighted by molar-refractivity contribution is 1.41. The minimum absolute atomic E-state index is 0.700. The van der Waals surface area contributed by atoms with Crippen LogP contribution in [0.25, 0.3) is 0 Å². The molecule has 0 saturated heterocycles. The molecule has 13 heavy (non-hydrogen) atoms. The second-order valence-electron chi connectivity index (χ2n) is 2.35. The summed E-state index contributed by atoms with van der Waals surface area (Å²) in [6, 6.07) is 9.62. The molecule has 2 heteroatoms. The molecule has 0 aliphatic heterocycles. The quantitative estimate of drug-likeness (QED) is 0.525. The van der Waals surface area contributed by atoms with Gasteiger partial charge in [-0.25, -0.2) is 0 Å². The fraction of sp³-hybridized carbons (Fsp3) is 0.182. The SMILES string of the molecule is CC#CCSc1ccc(C#N)cc1. The van der Waals surface area contributed by atoms with Gasteiger partial charge in [-0.2, -0.15) is 5.26 Å². The summed E-state index contributed by atoms with van der Waals surface area (Å²) in [6.45, 7) is 1.83. The van der Waals surface area contributed by atoms with Crippen LogP contribution in [0, 0.1) is 23.2 Å². The van der Waals surface area contributed by atoms with E-state index >= 15 is 0 Å². The zero-order chi connectivity index (χ0) is 9.52. The minimum atomic E-state index is 0.700. The summed E-state index contributed by atoms with van der Waals surface area (Å²) in [6.07, 6.45) is 0. The molecular formula is C11H9NS. The van der Waals surface area contributed by atoms with Gasteiger partial charge in [0.05, 0.1) is 17.4 Å². The van der Waals surface area contributed by atoms with E-state index in [1.54, 1.807) is 11.8 Å². The van der Waals surface area contributed by atoms with Crippen LogP contribution in [0.4, 0.5) is 0 Å². The van der Waals surface area contributed by atoms with Crippen molar-refractivity contribution in [3.05, 3.63) is 29.8 Å². The first-order valence-electron chi connectivity index (χ1n) is 3.89. The van der Waals surface area contributed by atoms with Gasteiger partial charge in [0.15, 0.2) is 0 Å². The van der Waals surface area contributed by atoms with E-state index in [1.165, 1.54) is 0 Å². The average Bonchev–Trinajstić information content (AvgIpc) is 2.19. The molecular weight excluding hydrogens is 178 g/mol. The Morgan fingerprint density at radius 2 is 2.00 bits per heavy atom. The van der Waals surface area contributed by atoms with E-state index in [9.17, 15) is 0 Å². The van der Waals surface area contributed by atoms with Gasteiger partial charge in [0, 0.05) is 4.90 Å². The van der Waals surface area contributed by atoms with E-state index in [-0.39, 0.29) is 0 Å². The zero-order valence-electron chi connectivity index (χ0n) is 7.37. The molecule has 0 aliphatic rings. The van der Waals surface area contributed by atoms with Crippen LogP contribution in [0.15, 0.2) is 29.2 Å². The fourth-order valence-corrected chi connectivity index (χ4v) is 1.53. The van der Waals surface area contributed by atoms with Crippen LogP contribution in [-0.2, 0) is 0 Å². The molecule has 0 aliphatic carbocycles. The Kier molecular flexibility index (Phi) is 3.96. The van der Waals surface area contributed by atoms with Gasteiger partial charge >= 0.3 is 0 Å². The van der Waals surface area contributed by atoms with E-state index in [0.717, 1.165) is 10.6 Å². The van der Waals surface area contributed by atoms with Crippen LogP contribution in [-0.4, -0.2) is 5.75 Å². The summed E-state index contributed by atoms with van der Waals surface area (Å²) in [7, 11) is 0. The van der Waals surface area contributed by atoms with Crippen molar-refractivity contribution in [1.29, 1.82) is 5.26 Å². The van der Waals surface area contributed by atoms with Crippen molar-refractivity contribution < 1.29 is 0 Å².